The molecule has 0 saturated carbocycles. The summed E-state index contributed by atoms with van der Waals surface area (Å²) in [6.45, 7) is 0. The highest BCUT2D eigenvalue weighted by Gasteiger charge is 2.20. The predicted octanol–water partition coefficient (Wildman–Crippen LogP) is 2.19. The molecule has 0 amide bonds. The summed E-state index contributed by atoms with van der Waals surface area (Å²) in [5, 5.41) is 0.111. The topological polar surface area (TPSA) is 56.1 Å². The lowest BCUT2D eigenvalue weighted by Crippen LogP contribution is -2.14. The number of benzene rings is 1. The molecule has 6 heteroatoms. The van der Waals surface area contributed by atoms with Gasteiger partial charge in [0.1, 0.15) is 5.69 Å². The maximum atomic E-state index is 12.2. The lowest BCUT2D eigenvalue weighted by molar-refractivity contribution is 0.111. The van der Waals surface area contributed by atoms with E-state index in [4.69, 9.17) is 11.6 Å². The van der Waals surface area contributed by atoms with Crippen LogP contribution in [0.25, 0.3) is 0 Å². The van der Waals surface area contributed by atoms with Crippen molar-refractivity contribution in [2.45, 2.75) is 4.90 Å². The number of nitrogens with zero attached hydrogens (tertiary/aromatic N) is 1. The van der Waals surface area contributed by atoms with E-state index in [1.807, 2.05) is 0 Å². The van der Waals surface area contributed by atoms with Crippen molar-refractivity contribution in [1.82, 2.24) is 3.97 Å². The van der Waals surface area contributed by atoms with Gasteiger partial charge in [0.05, 0.1) is 9.92 Å². The van der Waals surface area contributed by atoms with Crippen LogP contribution in [0.4, 0.5) is 0 Å². The van der Waals surface area contributed by atoms with E-state index in [-0.39, 0.29) is 15.6 Å². The van der Waals surface area contributed by atoms with Gasteiger partial charge < -0.3 is 0 Å². The van der Waals surface area contributed by atoms with Crippen molar-refractivity contribution in [3.8, 4) is 0 Å². The van der Waals surface area contributed by atoms with Gasteiger partial charge in [0.25, 0.3) is 10.0 Å². The van der Waals surface area contributed by atoms with E-state index in [2.05, 4.69) is 0 Å². The Balaban J connectivity index is 2.64. The third-order valence-electron chi connectivity index (χ3n) is 2.25. The first-order chi connectivity index (χ1) is 8.07. The molecular formula is C11H8ClNO3S. The number of hydrogen-bond donors (Lipinski definition) is 0. The average molecular weight is 270 g/mol. The zero-order chi connectivity index (χ0) is 12.5. The van der Waals surface area contributed by atoms with Crippen LogP contribution in [0.3, 0.4) is 0 Å². The smallest absolute Gasteiger partial charge is 0.268 e. The number of rotatable bonds is 3. The number of halogens is 1. The Morgan fingerprint density at radius 1 is 1.12 bits per heavy atom. The Hall–Kier alpha value is -1.59. The summed E-state index contributed by atoms with van der Waals surface area (Å²) >= 11 is 5.72. The maximum Gasteiger partial charge on any atom is 0.268 e. The fourth-order valence-corrected chi connectivity index (χ4v) is 3.02. The number of carbonyl (C=O) groups is 1. The second kappa shape index (κ2) is 4.35. The van der Waals surface area contributed by atoms with Gasteiger partial charge in [-0.3, -0.25) is 4.79 Å². The SMILES string of the molecule is O=Cc1c(Cl)ccn1S(=O)(=O)c1ccccc1. The molecule has 2 aromatic rings. The lowest BCUT2D eigenvalue weighted by atomic mass is 10.4. The largest absolute Gasteiger partial charge is 0.296 e. The van der Waals surface area contributed by atoms with Crippen LogP contribution in [-0.4, -0.2) is 18.7 Å². The summed E-state index contributed by atoms with van der Waals surface area (Å²) in [6.07, 6.45) is 1.68. The van der Waals surface area contributed by atoms with E-state index in [0.717, 1.165) is 3.97 Å². The van der Waals surface area contributed by atoms with Gasteiger partial charge in [-0.25, -0.2) is 12.4 Å². The minimum absolute atomic E-state index is 0.0736. The molecule has 0 aliphatic heterocycles. The Kier molecular flexibility index (Phi) is 3.04. The van der Waals surface area contributed by atoms with Crippen LogP contribution in [0, 0.1) is 0 Å². The molecule has 2 rings (SSSR count). The molecule has 17 heavy (non-hydrogen) atoms. The van der Waals surface area contributed by atoms with Crippen molar-refractivity contribution in [2.75, 3.05) is 0 Å². The van der Waals surface area contributed by atoms with Gasteiger partial charge in [-0.2, -0.15) is 0 Å². The first-order valence-corrected chi connectivity index (χ1v) is 6.52. The fraction of sp³-hybridized carbons (Fsp3) is 0. The number of aldehydes is 1. The molecular weight excluding hydrogens is 262 g/mol. The molecule has 0 bridgehead atoms. The van der Waals surface area contributed by atoms with E-state index in [9.17, 15) is 13.2 Å². The van der Waals surface area contributed by atoms with Crippen LogP contribution in [0.2, 0.25) is 5.02 Å². The van der Waals surface area contributed by atoms with Gasteiger partial charge >= 0.3 is 0 Å². The van der Waals surface area contributed by atoms with Crippen LogP contribution in [-0.2, 0) is 10.0 Å². The van der Waals surface area contributed by atoms with Gasteiger partial charge in [-0.1, -0.05) is 29.8 Å². The molecule has 0 unspecified atom stereocenters. The molecule has 1 aromatic heterocycles. The molecule has 0 atom stereocenters. The molecule has 4 nitrogen and oxygen atoms in total. The zero-order valence-corrected chi connectivity index (χ0v) is 10.1. The minimum atomic E-state index is -3.76. The molecule has 0 saturated heterocycles. The lowest BCUT2D eigenvalue weighted by Gasteiger charge is -2.07. The normalized spacial score (nSPS) is 11.4. The minimum Gasteiger partial charge on any atom is -0.296 e. The molecule has 88 valence electrons. The Labute approximate surface area is 103 Å². The molecule has 0 N–H and O–H groups in total. The van der Waals surface area contributed by atoms with Crippen molar-refractivity contribution in [1.29, 1.82) is 0 Å². The summed E-state index contributed by atoms with van der Waals surface area (Å²) in [5.41, 5.74) is -0.0736. The molecule has 0 spiro atoms. The summed E-state index contributed by atoms with van der Waals surface area (Å²) < 4.78 is 25.2. The van der Waals surface area contributed by atoms with Gasteiger partial charge in [-0.15, -0.1) is 0 Å². The van der Waals surface area contributed by atoms with Gasteiger partial charge in [0.2, 0.25) is 0 Å². The van der Waals surface area contributed by atoms with Crippen molar-refractivity contribution in [2.24, 2.45) is 0 Å². The molecule has 0 radical (unpaired) electrons. The average Bonchev–Trinajstić information content (AvgIpc) is 2.72. The fourth-order valence-electron chi connectivity index (χ4n) is 1.43. The first-order valence-electron chi connectivity index (χ1n) is 4.70. The van der Waals surface area contributed by atoms with E-state index < -0.39 is 10.0 Å². The number of aromatic nitrogens is 1. The van der Waals surface area contributed by atoms with Crippen LogP contribution in [0.15, 0.2) is 47.5 Å². The highest BCUT2D eigenvalue weighted by molar-refractivity contribution is 7.90. The zero-order valence-electron chi connectivity index (χ0n) is 8.58. The van der Waals surface area contributed by atoms with Gasteiger partial charge in [0.15, 0.2) is 6.29 Å². The standard InChI is InChI=1S/C11H8ClNO3S/c12-10-6-7-13(11(10)8-14)17(15,16)9-4-2-1-3-5-9/h1-8H. The van der Waals surface area contributed by atoms with Crippen LogP contribution < -0.4 is 0 Å². The third-order valence-corrected chi connectivity index (χ3v) is 4.27. The highest BCUT2D eigenvalue weighted by atomic mass is 35.5. The Morgan fingerprint density at radius 3 is 2.35 bits per heavy atom. The first kappa shape index (κ1) is 11.9. The second-order valence-corrected chi connectivity index (χ2v) is 5.50. The molecule has 0 aliphatic carbocycles. The number of carbonyl (C=O) groups excluding carboxylic acids is 1. The van der Waals surface area contributed by atoms with Crippen molar-refractivity contribution < 1.29 is 13.2 Å². The summed E-state index contributed by atoms with van der Waals surface area (Å²) in [5.74, 6) is 0. The highest BCUT2D eigenvalue weighted by Crippen LogP contribution is 2.21. The van der Waals surface area contributed by atoms with E-state index in [1.165, 1.54) is 24.4 Å². The quantitative estimate of drug-likeness (QED) is 0.803. The van der Waals surface area contributed by atoms with E-state index in [0.29, 0.717) is 6.29 Å². The molecule has 0 fully saturated rings. The van der Waals surface area contributed by atoms with Crippen molar-refractivity contribution in [3.63, 3.8) is 0 Å². The summed E-state index contributed by atoms with van der Waals surface area (Å²) in [4.78, 5) is 10.9. The molecule has 0 aliphatic rings. The van der Waals surface area contributed by atoms with Crippen LogP contribution in [0.1, 0.15) is 10.5 Å². The second-order valence-electron chi connectivity index (χ2n) is 3.28. The van der Waals surface area contributed by atoms with Crippen LogP contribution in [0.5, 0.6) is 0 Å². The van der Waals surface area contributed by atoms with Gasteiger partial charge in [0, 0.05) is 6.20 Å². The summed E-state index contributed by atoms with van der Waals surface area (Å²) in [6, 6.07) is 9.21. The third kappa shape index (κ3) is 1.99. The molecule has 1 heterocycles. The van der Waals surface area contributed by atoms with Crippen LogP contribution >= 0.6 is 11.6 Å². The number of hydrogen-bond acceptors (Lipinski definition) is 3. The van der Waals surface area contributed by atoms with E-state index >= 15 is 0 Å². The Bertz CT molecular complexity index is 647. The molecule has 1 aromatic carbocycles. The van der Waals surface area contributed by atoms with Gasteiger partial charge in [-0.05, 0) is 18.2 Å². The van der Waals surface area contributed by atoms with Crippen molar-refractivity contribution in [3.05, 3.63) is 53.3 Å². The summed E-state index contributed by atoms with van der Waals surface area (Å²) in [7, 11) is -3.76. The Morgan fingerprint density at radius 2 is 1.76 bits per heavy atom. The monoisotopic (exact) mass is 269 g/mol. The van der Waals surface area contributed by atoms with Crippen molar-refractivity contribution >= 4 is 27.9 Å². The predicted molar refractivity (Wildman–Crippen MR) is 63.9 cm³/mol. The van der Waals surface area contributed by atoms with E-state index in [1.54, 1.807) is 18.2 Å². The maximum absolute atomic E-state index is 12.2.